The average Bonchev–Trinajstić information content (AvgIpc) is 2.67. The number of nitrogens with one attached hydrogen (secondary N) is 2. The molecule has 0 saturated heterocycles. The van der Waals surface area contributed by atoms with Crippen molar-refractivity contribution in [1.29, 1.82) is 0 Å². The van der Waals surface area contributed by atoms with Crippen molar-refractivity contribution in [1.82, 2.24) is 25.6 Å². The predicted molar refractivity (Wildman–Crippen MR) is 106 cm³/mol. The number of carbonyl (C=O) groups excluding carboxylic acids is 2. The first kappa shape index (κ1) is 19.1. The lowest BCUT2D eigenvalue weighted by atomic mass is 9.49. The molecule has 2 N–H and O–H groups in total. The normalized spacial score (nSPS) is 31.4. The fraction of sp³-hybridized carbons (Fsp3) is 0.500. The molecule has 0 aliphatic heterocycles. The van der Waals surface area contributed by atoms with Crippen LogP contribution < -0.4 is 10.6 Å². The zero-order chi connectivity index (χ0) is 20.9. The predicted octanol–water partition coefficient (Wildman–Crippen LogP) is 2.57. The fourth-order valence-corrected chi connectivity index (χ4v) is 6.18. The van der Waals surface area contributed by atoms with Crippen LogP contribution in [-0.4, -0.2) is 37.8 Å². The van der Waals surface area contributed by atoms with Crippen LogP contribution in [0.4, 0.5) is 4.39 Å². The summed E-state index contributed by atoms with van der Waals surface area (Å²) in [7, 11) is 0. The molecule has 30 heavy (non-hydrogen) atoms. The summed E-state index contributed by atoms with van der Waals surface area (Å²) in [5.41, 5.74) is 0.559. The molecule has 0 aromatic carbocycles. The molecule has 0 spiro atoms. The van der Waals surface area contributed by atoms with Gasteiger partial charge in [0.25, 0.3) is 11.8 Å². The van der Waals surface area contributed by atoms with Crippen LogP contribution in [0.2, 0.25) is 0 Å². The molecule has 2 atom stereocenters. The number of hydrogen-bond donors (Lipinski definition) is 2. The molecular weight excluding hydrogens is 385 g/mol. The Hall–Kier alpha value is -2.90. The van der Waals surface area contributed by atoms with Crippen LogP contribution in [0.15, 0.2) is 30.7 Å². The molecule has 156 valence electrons. The van der Waals surface area contributed by atoms with Crippen LogP contribution in [0.25, 0.3) is 0 Å². The van der Waals surface area contributed by atoms with Crippen LogP contribution in [0.1, 0.15) is 65.2 Å². The van der Waals surface area contributed by atoms with E-state index in [9.17, 15) is 14.0 Å². The van der Waals surface area contributed by atoms with E-state index in [1.165, 1.54) is 18.3 Å². The van der Waals surface area contributed by atoms with Crippen molar-refractivity contribution in [3.8, 4) is 0 Å². The zero-order valence-corrected chi connectivity index (χ0v) is 16.8. The highest BCUT2D eigenvalue weighted by Gasteiger charge is 2.58. The lowest BCUT2D eigenvalue weighted by Crippen LogP contribution is -2.70. The second-order valence-corrected chi connectivity index (χ2v) is 9.33. The van der Waals surface area contributed by atoms with Crippen molar-refractivity contribution < 1.29 is 14.0 Å². The van der Waals surface area contributed by atoms with Gasteiger partial charge in [-0.2, -0.15) is 0 Å². The van der Waals surface area contributed by atoms with Gasteiger partial charge in [0.2, 0.25) is 0 Å². The highest BCUT2D eigenvalue weighted by atomic mass is 19.1. The molecule has 2 unspecified atom stereocenters. The van der Waals surface area contributed by atoms with E-state index < -0.39 is 5.82 Å². The Bertz CT molecular complexity index is 900. The Kier molecular flexibility index (Phi) is 4.34. The molecule has 4 saturated carbocycles. The van der Waals surface area contributed by atoms with Gasteiger partial charge < -0.3 is 10.6 Å². The number of carbonyl (C=O) groups is 2. The minimum Gasteiger partial charge on any atom is -0.345 e. The van der Waals surface area contributed by atoms with Gasteiger partial charge in [-0.3, -0.25) is 14.6 Å². The maximum Gasteiger partial charge on any atom is 0.271 e. The van der Waals surface area contributed by atoms with Gasteiger partial charge in [-0.15, -0.1) is 0 Å². The van der Waals surface area contributed by atoms with E-state index in [0.29, 0.717) is 24.0 Å². The first-order valence-corrected chi connectivity index (χ1v) is 10.4. The molecule has 0 radical (unpaired) electrons. The molecule has 2 amide bonds. The molecule has 6 rings (SSSR count). The number of amides is 2. The number of aromatic nitrogens is 3. The van der Waals surface area contributed by atoms with E-state index >= 15 is 0 Å². The van der Waals surface area contributed by atoms with Crippen LogP contribution in [0.5, 0.6) is 0 Å². The topological polar surface area (TPSA) is 96.9 Å². The maximum atomic E-state index is 13.2. The molecule has 4 fully saturated rings. The standard InChI is InChI=1S/C22H24FN5O2/c1-13-9-25-18(11-24-13)20(30)28-22-7-14-4-15(8-22)6-21(5-14,12-22)27-19(29)17-3-2-16(23)10-26-17/h2-3,9-11,14-15H,4-8,12H2,1H3,(H,27,29)(H,28,30). The van der Waals surface area contributed by atoms with E-state index in [2.05, 4.69) is 25.6 Å². The molecule has 4 bridgehead atoms. The maximum absolute atomic E-state index is 13.2. The average molecular weight is 409 g/mol. The van der Waals surface area contributed by atoms with Crippen molar-refractivity contribution in [2.24, 2.45) is 11.8 Å². The summed E-state index contributed by atoms with van der Waals surface area (Å²) in [4.78, 5) is 38.0. The van der Waals surface area contributed by atoms with Crippen LogP contribution in [0, 0.1) is 24.6 Å². The monoisotopic (exact) mass is 409 g/mol. The van der Waals surface area contributed by atoms with Gasteiger partial charge in [-0.25, -0.2) is 14.4 Å². The van der Waals surface area contributed by atoms with Gasteiger partial charge in [0.1, 0.15) is 17.2 Å². The quantitative estimate of drug-likeness (QED) is 0.809. The highest BCUT2D eigenvalue weighted by Crippen LogP contribution is 2.57. The van der Waals surface area contributed by atoms with Gasteiger partial charge in [-0.1, -0.05) is 0 Å². The van der Waals surface area contributed by atoms with Crippen LogP contribution in [-0.2, 0) is 0 Å². The molecule has 2 heterocycles. The third-order valence-corrected chi connectivity index (χ3v) is 6.79. The van der Waals surface area contributed by atoms with Gasteiger partial charge in [0.05, 0.1) is 18.1 Å². The highest BCUT2D eigenvalue weighted by molar-refractivity contribution is 5.93. The second-order valence-electron chi connectivity index (χ2n) is 9.33. The number of halogens is 1. The molecule has 4 aliphatic rings. The molecule has 4 aliphatic carbocycles. The Labute approximate surface area is 173 Å². The molecule has 2 aromatic heterocycles. The Morgan fingerprint density at radius 2 is 1.50 bits per heavy atom. The summed E-state index contributed by atoms with van der Waals surface area (Å²) < 4.78 is 13.2. The SMILES string of the molecule is Cc1cnc(C(=O)NC23CC4CC(CC(NC(=O)c5ccc(F)cn5)(C4)C2)C3)cn1. The third kappa shape index (κ3) is 3.44. The van der Waals surface area contributed by atoms with Crippen LogP contribution in [0.3, 0.4) is 0 Å². The third-order valence-electron chi connectivity index (χ3n) is 6.79. The summed E-state index contributed by atoms with van der Waals surface area (Å²) in [5, 5.41) is 6.45. The summed E-state index contributed by atoms with van der Waals surface area (Å²) in [6.07, 6.45) is 9.60. The van der Waals surface area contributed by atoms with Crippen LogP contribution >= 0.6 is 0 Å². The van der Waals surface area contributed by atoms with E-state index in [0.717, 1.165) is 44.0 Å². The largest absolute Gasteiger partial charge is 0.345 e. The fourth-order valence-electron chi connectivity index (χ4n) is 6.18. The Morgan fingerprint density at radius 3 is 2.03 bits per heavy atom. The minimum absolute atomic E-state index is 0.208. The lowest BCUT2D eigenvalue weighted by Gasteiger charge is -2.62. The number of aryl methyl sites for hydroxylation is 1. The summed E-state index contributed by atoms with van der Waals surface area (Å²) in [6.45, 7) is 1.83. The first-order chi connectivity index (χ1) is 14.3. The van der Waals surface area contributed by atoms with Gasteiger partial charge in [0, 0.05) is 17.3 Å². The summed E-state index contributed by atoms with van der Waals surface area (Å²) in [5.74, 6) is -0.0644. The van der Waals surface area contributed by atoms with E-state index in [1.807, 2.05) is 6.92 Å². The van der Waals surface area contributed by atoms with E-state index in [1.54, 1.807) is 6.20 Å². The molecule has 7 nitrogen and oxygen atoms in total. The van der Waals surface area contributed by atoms with Crippen molar-refractivity contribution in [3.05, 3.63) is 53.6 Å². The molecule has 8 heteroatoms. The van der Waals surface area contributed by atoms with Crippen molar-refractivity contribution in [3.63, 3.8) is 0 Å². The zero-order valence-electron chi connectivity index (χ0n) is 16.8. The first-order valence-electron chi connectivity index (χ1n) is 10.4. The minimum atomic E-state index is -0.470. The van der Waals surface area contributed by atoms with Crippen molar-refractivity contribution in [2.45, 2.75) is 56.5 Å². The Morgan fingerprint density at radius 1 is 0.900 bits per heavy atom. The Balaban J connectivity index is 1.36. The smallest absolute Gasteiger partial charge is 0.271 e. The van der Waals surface area contributed by atoms with Crippen molar-refractivity contribution in [2.75, 3.05) is 0 Å². The van der Waals surface area contributed by atoms with Gasteiger partial charge in [0.15, 0.2) is 0 Å². The number of nitrogens with zero attached hydrogens (tertiary/aromatic N) is 3. The molecule has 2 aromatic rings. The number of pyridine rings is 1. The molecular formula is C22H24FN5O2. The van der Waals surface area contributed by atoms with Gasteiger partial charge in [-0.05, 0) is 69.4 Å². The lowest BCUT2D eigenvalue weighted by molar-refractivity contribution is -0.0449. The van der Waals surface area contributed by atoms with E-state index in [-0.39, 0.29) is 28.6 Å². The van der Waals surface area contributed by atoms with E-state index in [4.69, 9.17) is 0 Å². The summed E-state index contributed by atoms with van der Waals surface area (Å²) >= 11 is 0. The number of hydrogen-bond acceptors (Lipinski definition) is 5. The number of rotatable bonds is 4. The van der Waals surface area contributed by atoms with Crippen molar-refractivity contribution >= 4 is 11.8 Å². The van der Waals surface area contributed by atoms with Gasteiger partial charge >= 0.3 is 0 Å². The second kappa shape index (κ2) is 6.82. The summed E-state index contributed by atoms with van der Waals surface area (Å²) in [6, 6.07) is 2.64.